The van der Waals surface area contributed by atoms with Crippen molar-refractivity contribution >= 4 is 46.2 Å². The molecule has 0 radical (unpaired) electrons. The minimum atomic E-state index is -1.04. The van der Waals surface area contributed by atoms with Crippen molar-refractivity contribution in [3.8, 4) is 11.4 Å². The second-order valence-corrected chi connectivity index (χ2v) is 7.93. The van der Waals surface area contributed by atoms with Crippen molar-refractivity contribution in [3.05, 3.63) is 40.4 Å². The summed E-state index contributed by atoms with van der Waals surface area (Å²) in [6, 6.07) is 7.90. The Morgan fingerprint density at radius 1 is 1.28 bits per heavy atom. The lowest BCUT2D eigenvalue weighted by Crippen LogP contribution is -2.22. The van der Waals surface area contributed by atoms with Crippen molar-refractivity contribution < 1.29 is 14.6 Å². The van der Waals surface area contributed by atoms with Crippen molar-refractivity contribution in [2.75, 3.05) is 18.0 Å². The molecule has 0 saturated heterocycles. The van der Waals surface area contributed by atoms with E-state index < -0.39 is 6.09 Å². The van der Waals surface area contributed by atoms with E-state index >= 15 is 0 Å². The lowest BCUT2D eigenvalue weighted by molar-refractivity contribution is 0.103. The van der Waals surface area contributed by atoms with Crippen LogP contribution in [0.3, 0.4) is 0 Å². The summed E-state index contributed by atoms with van der Waals surface area (Å²) in [4.78, 5) is 23.6. The maximum Gasteiger partial charge on any atom is 0.404 e. The van der Waals surface area contributed by atoms with Gasteiger partial charge in [0, 0.05) is 17.9 Å². The molecule has 1 amide bonds. The van der Waals surface area contributed by atoms with Gasteiger partial charge in [0.25, 0.3) is 0 Å². The van der Waals surface area contributed by atoms with Crippen LogP contribution in [0.2, 0.25) is 5.02 Å². The highest BCUT2D eigenvalue weighted by Gasteiger charge is 2.20. The number of nitrogens with zero attached hydrogens (tertiary/aromatic N) is 3. The Kier molecular flexibility index (Phi) is 5.70. The summed E-state index contributed by atoms with van der Waals surface area (Å²) >= 11 is 8.00. The molecule has 4 rings (SSSR count). The van der Waals surface area contributed by atoms with Gasteiger partial charge in [0.2, 0.25) is 5.95 Å². The predicted octanol–water partition coefficient (Wildman–Crippen LogP) is 3.71. The van der Waals surface area contributed by atoms with E-state index in [-0.39, 0.29) is 5.95 Å². The number of nitrogens with one attached hydrogen (secondary N) is 1. The van der Waals surface area contributed by atoms with Gasteiger partial charge in [0.1, 0.15) is 0 Å². The molecule has 2 aromatic carbocycles. The van der Waals surface area contributed by atoms with Crippen LogP contribution in [0.25, 0.3) is 22.2 Å². The van der Waals surface area contributed by atoms with E-state index in [1.807, 2.05) is 24.3 Å². The fraction of sp³-hybridized carbons (Fsp3) is 0.263. The van der Waals surface area contributed by atoms with Gasteiger partial charge in [-0.15, -0.1) is 0 Å². The first-order chi connectivity index (χ1) is 14.0. The van der Waals surface area contributed by atoms with Crippen LogP contribution in [0.5, 0.6) is 0 Å². The van der Waals surface area contributed by atoms with Crippen molar-refractivity contribution in [2.45, 2.75) is 24.8 Å². The number of amides is 1. The van der Waals surface area contributed by atoms with Crippen LogP contribution in [0.4, 0.5) is 10.7 Å². The first kappa shape index (κ1) is 19.7. The quantitative estimate of drug-likeness (QED) is 0.398. The van der Waals surface area contributed by atoms with Crippen molar-refractivity contribution in [1.29, 1.82) is 0 Å². The van der Waals surface area contributed by atoms with Gasteiger partial charge in [-0.1, -0.05) is 41.6 Å². The summed E-state index contributed by atoms with van der Waals surface area (Å²) in [6.45, 7) is 1.42. The first-order valence-electron chi connectivity index (χ1n) is 8.95. The second kappa shape index (κ2) is 8.40. The highest BCUT2D eigenvalue weighted by Crippen LogP contribution is 2.39. The molecular weight excluding hydrogens is 414 g/mol. The third-order valence-electron chi connectivity index (χ3n) is 4.48. The lowest BCUT2D eigenvalue weighted by Gasteiger charge is -2.20. The third kappa shape index (κ3) is 4.21. The standard InChI is InChI=1S/C19H18ClN5O3S/c20-13-7-11-9-28-8-10-3-1-4-12(14(10)11)15(13)16-23-17(21)25-18(24-16)29-6-2-5-22-19(26)27/h1,3-4,7,22H,2,5-6,8-9H2,(H,26,27)(H2,21,23,24,25). The van der Waals surface area contributed by atoms with Gasteiger partial charge in [-0.3, -0.25) is 0 Å². The molecular formula is C19H18ClN5O3S. The monoisotopic (exact) mass is 431 g/mol. The van der Waals surface area contributed by atoms with Gasteiger partial charge in [0.15, 0.2) is 11.0 Å². The number of nitrogens with two attached hydrogens (primary N) is 1. The Balaban J connectivity index is 1.68. The maximum absolute atomic E-state index is 10.5. The number of nitrogen functional groups attached to an aromatic ring is 1. The molecule has 1 aliphatic rings. The number of hydrogen-bond donors (Lipinski definition) is 3. The van der Waals surface area contributed by atoms with E-state index in [0.29, 0.717) is 47.9 Å². The molecule has 0 bridgehead atoms. The summed E-state index contributed by atoms with van der Waals surface area (Å²) in [6.07, 6.45) is -0.399. The summed E-state index contributed by atoms with van der Waals surface area (Å²) in [5.74, 6) is 1.17. The third-order valence-corrected chi connectivity index (χ3v) is 5.71. The van der Waals surface area contributed by atoms with E-state index in [2.05, 4.69) is 20.3 Å². The molecule has 1 aliphatic heterocycles. The zero-order chi connectivity index (χ0) is 20.4. The number of halogens is 1. The second-order valence-electron chi connectivity index (χ2n) is 6.46. The number of carboxylic acid groups (broad SMARTS) is 1. The molecule has 3 aromatic rings. The number of anilines is 1. The number of benzene rings is 2. The fourth-order valence-electron chi connectivity index (χ4n) is 3.33. The molecule has 4 N–H and O–H groups in total. The zero-order valence-corrected chi connectivity index (χ0v) is 16.9. The minimum Gasteiger partial charge on any atom is -0.465 e. The van der Waals surface area contributed by atoms with E-state index in [0.717, 1.165) is 27.5 Å². The van der Waals surface area contributed by atoms with Gasteiger partial charge in [-0.2, -0.15) is 9.97 Å². The Labute approximate surface area is 175 Å². The molecule has 0 unspecified atom stereocenters. The van der Waals surface area contributed by atoms with Crippen molar-refractivity contribution in [1.82, 2.24) is 20.3 Å². The Morgan fingerprint density at radius 3 is 2.93 bits per heavy atom. The SMILES string of the molecule is Nc1nc(SCCCNC(=O)O)nc(-c2c(Cl)cc3c4c(cccc24)COC3)n1. The minimum absolute atomic E-state index is 0.112. The van der Waals surface area contributed by atoms with Gasteiger partial charge < -0.3 is 20.9 Å². The van der Waals surface area contributed by atoms with Crippen LogP contribution in [-0.2, 0) is 18.0 Å². The molecule has 0 aliphatic carbocycles. The summed E-state index contributed by atoms with van der Waals surface area (Å²) in [7, 11) is 0. The van der Waals surface area contributed by atoms with Crippen LogP contribution in [0, 0.1) is 0 Å². The number of aromatic nitrogens is 3. The van der Waals surface area contributed by atoms with Crippen LogP contribution >= 0.6 is 23.4 Å². The molecule has 0 spiro atoms. The summed E-state index contributed by atoms with van der Waals surface area (Å²) in [5, 5.41) is 14.0. The summed E-state index contributed by atoms with van der Waals surface area (Å²) < 4.78 is 5.64. The Hall–Kier alpha value is -2.62. The van der Waals surface area contributed by atoms with Crippen LogP contribution < -0.4 is 11.1 Å². The number of ether oxygens (including phenoxy) is 1. The average Bonchev–Trinajstić information content (AvgIpc) is 2.67. The molecule has 1 aromatic heterocycles. The van der Waals surface area contributed by atoms with Gasteiger partial charge in [0.05, 0.1) is 18.2 Å². The molecule has 0 atom stereocenters. The van der Waals surface area contributed by atoms with E-state index in [4.69, 9.17) is 27.2 Å². The summed E-state index contributed by atoms with van der Waals surface area (Å²) in [5.41, 5.74) is 8.79. The number of thioether (sulfide) groups is 1. The highest BCUT2D eigenvalue weighted by molar-refractivity contribution is 7.99. The van der Waals surface area contributed by atoms with Gasteiger partial charge in [-0.25, -0.2) is 9.78 Å². The smallest absolute Gasteiger partial charge is 0.404 e. The van der Waals surface area contributed by atoms with E-state index in [9.17, 15) is 4.79 Å². The number of rotatable bonds is 6. The molecule has 0 fully saturated rings. The van der Waals surface area contributed by atoms with Crippen LogP contribution in [-0.4, -0.2) is 38.4 Å². The molecule has 0 saturated carbocycles. The topological polar surface area (TPSA) is 123 Å². The maximum atomic E-state index is 10.5. The highest BCUT2D eigenvalue weighted by atomic mass is 35.5. The average molecular weight is 432 g/mol. The molecule has 150 valence electrons. The number of hydrogen-bond acceptors (Lipinski definition) is 7. The van der Waals surface area contributed by atoms with Crippen LogP contribution in [0.1, 0.15) is 17.5 Å². The predicted molar refractivity (Wildman–Crippen MR) is 112 cm³/mol. The molecule has 10 heteroatoms. The van der Waals surface area contributed by atoms with E-state index in [1.165, 1.54) is 11.8 Å². The number of carbonyl (C=O) groups is 1. The lowest BCUT2D eigenvalue weighted by atomic mass is 9.94. The van der Waals surface area contributed by atoms with Crippen molar-refractivity contribution in [2.24, 2.45) is 0 Å². The largest absolute Gasteiger partial charge is 0.465 e. The van der Waals surface area contributed by atoms with Gasteiger partial charge in [-0.05, 0) is 34.4 Å². The van der Waals surface area contributed by atoms with Crippen molar-refractivity contribution in [3.63, 3.8) is 0 Å². The zero-order valence-electron chi connectivity index (χ0n) is 15.3. The van der Waals surface area contributed by atoms with Crippen LogP contribution in [0.15, 0.2) is 29.4 Å². The first-order valence-corrected chi connectivity index (χ1v) is 10.3. The molecule has 8 nitrogen and oxygen atoms in total. The molecule has 2 heterocycles. The Bertz CT molecular complexity index is 1100. The normalized spacial score (nSPS) is 12.9. The molecule has 29 heavy (non-hydrogen) atoms. The Morgan fingerprint density at radius 2 is 2.10 bits per heavy atom. The fourth-order valence-corrected chi connectivity index (χ4v) is 4.42. The van der Waals surface area contributed by atoms with Gasteiger partial charge >= 0.3 is 6.09 Å². The van der Waals surface area contributed by atoms with E-state index in [1.54, 1.807) is 0 Å².